The van der Waals surface area contributed by atoms with Crippen LogP contribution in [0.25, 0.3) is 0 Å². The van der Waals surface area contributed by atoms with Gasteiger partial charge in [0.2, 0.25) is 0 Å². The van der Waals surface area contributed by atoms with Gasteiger partial charge in [0.15, 0.2) is 0 Å². The summed E-state index contributed by atoms with van der Waals surface area (Å²) in [6.45, 7) is 16.3. The monoisotopic (exact) mass is 239 g/mol. The van der Waals surface area contributed by atoms with Gasteiger partial charge in [-0.1, -0.05) is 41.5 Å². The predicted molar refractivity (Wildman–Crippen MR) is 73.1 cm³/mol. The molecule has 1 saturated heterocycles. The van der Waals surface area contributed by atoms with Gasteiger partial charge < -0.3 is 4.90 Å². The highest BCUT2D eigenvalue weighted by Gasteiger charge is 2.32. The van der Waals surface area contributed by atoms with Gasteiger partial charge in [0, 0.05) is 17.9 Å². The van der Waals surface area contributed by atoms with Crippen molar-refractivity contribution in [3.05, 3.63) is 0 Å². The van der Waals surface area contributed by atoms with Crippen LogP contribution in [-0.2, 0) is 4.79 Å². The Labute approximate surface area is 107 Å². The Morgan fingerprint density at radius 3 is 1.88 bits per heavy atom. The molecule has 0 aliphatic carbocycles. The molecule has 0 radical (unpaired) electrons. The lowest BCUT2D eigenvalue weighted by atomic mass is 9.78. The average molecular weight is 239 g/mol. The molecule has 100 valence electrons. The lowest BCUT2D eigenvalue weighted by Crippen LogP contribution is -2.42. The van der Waals surface area contributed by atoms with E-state index in [4.69, 9.17) is 0 Å². The molecule has 0 unspecified atom stereocenters. The van der Waals surface area contributed by atoms with E-state index in [9.17, 15) is 4.79 Å². The SMILES string of the molecule is CC(C)(C)CN1CCC(C(=O)C(C)(C)C)CC1. The van der Waals surface area contributed by atoms with Crippen molar-refractivity contribution < 1.29 is 4.79 Å². The van der Waals surface area contributed by atoms with E-state index in [1.165, 1.54) is 0 Å². The van der Waals surface area contributed by atoms with Crippen LogP contribution in [-0.4, -0.2) is 30.3 Å². The maximum absolute atomic E-state index is 12.2. The summed E-state index contributed by atoms with van der Waals surface area (Å²) in [5.74, 6) is 0.749. The quantitative estimate of drug-likeness (QED) is 0.736. The Kier molecular flexibility index (Phi) is 4.40. The zero-order chi connectivity index (χ0) is 13.3. The van der Waals surface area contributed by atoms with Crippen LogP contribution in [0.3, 0.4) is 0 Å². The van der Waals surface area contributed by atoms with Crippen molar-refractivity contribution in [3.8, 4) is 0 Å². The van der Waals surface area contributed by atoms with Crippen molar-refractivity contribution in [2.24, 2.45) is 16.7 Å². The summed E-state index contributed by atoms with van der Waals surface area (Å²) in [5, 5.41) is 0. The highest BCUT2D eigenvalue weighted by atomic mass is 16.1. The standard InChI is InChI=1S/C15H29NO/c1-14(2,3)11-16-9-7-12(8-10-16)13(17)15(4,5)6/h12H,7-11H2,1-6H3. The zero-order valence-electron chi connectivity index (χ0n) is 12.5. The molecule has 1 aliphatic heterocycles. The maximum Gasteiger partial charge on any atom is 0.141 e. The summed E-state index contributed by atoms with van der Waals surface area (Å²) in [6, 6.07) is 0. The second-order valence-electron chi connectivity index (χ2n) is 7.73. The predicted octanol–water partition coefficient (Wildman–Crippen LogP) is 3.36. The lowest BCUT2D eigenvalue weighted by Gasteiger charge is -2.37. The summed E-state index contributed by atoms with van der Waals surface area (Å²) >= 11 is 0. The van der Waals surface area contributed by atoms with Gasteiger partial charge in [-0.15, -0.1) is 0 Å². The van der Waals surface area contributed by atoms with Gasteiger partial charge in [-0.05, 0) is 31.3 Å². The van der Waals surface area contributed by atoms with Crippen molar-refractivity contribution in [2.75, 3.05) is 19.6 Å². The minimum atomic E-state index is -0.170. The van der Waals surface area contributed by atoms with E-state index in [1.54, 1.807) is 0 Å². The Balaban J connectivity index is 2.44. The van der Waals surface area contributed by atoms with Crippen LogP contribution in [0.1, 0.15) is 54.4 Å². The molecule has 0 atom stereocenters. The van der Waals surface area contributed by atoms with Gasteiger partial charge in [-0.3, -0.25) is 4.79 Å². The average Bonchev–Trinajstić information content (AvgIpc) is 2.14. The number of hydrogen-bond acceptors (Lipinski definition) is 2. The van der Waals surface area contributed by atoms with E-state index in [2.05, 4.69) is 25.7 Å². The molecule has 2 heteroatoms. The van der Waals surface area contributed by atoms with Crippen LogP contribution < -0.4 is 0 Å². The maximum atomic E-state index is 12.2. The fourth-order valence-corrected chi connectivity index (χ4v) is 2.64. The smallest absolute Gasteiger partial charge is 0.141 e. The van der Waals surface area contributed by atoms with E-state index < -0.39 is 0 Å². The van der Waals surface area contributed by atoms with Gasteiger partial charge in [-0.2, -0.15) is 0 Å². The molecule has 0 N–H and O–H groups in total. The third kappa shape index (κ3) is 4.79. The Bertz CT molecular complexity index is 262. The molecule has 0 spiro atoms. The van der Waals surface area contributed by atoms with Crippen LogP contribution in [0.15, 0.2) is 0 Å². The van der Waals surface area contributed by atoms with E-state index in [0.29, 0.717) is 17.1 Å². The topological polar surface area (TPSA) is 20.3 Å². The molecule has 17 heavy (non-hydrogen) atoms. The molecular weight excluding hydrogens is 210 g/mol. The molecule has 1 aliphatic rings. The Hall–Kier alpha value is -0.370. The summed E-state index contributed by atoms with van der Waals surface area (Å²) in [7, 11) is 0. The Morgan fingerprint density at radius 2 is 1.53 bits per heavy atom. The van der Waals surface area contributed by atoms with Gasteiger partial charge in [-0.25, -0.2) is 0 Å². The number of Topliss-reactive ketones (excluding diaryl/α,β-unsaturated/α-hetero) is 1. The van der Waals surface area contributed by atoms with E-state index in [0.717, 1.165) is 32.5 Å². The minimum Gasteiger partial charge on any atom is -0.303 e. The van der Waals surface area contributed by atoms with Crippen LogP contribution in [0.2, 0.25) is 0 Å². The van der Waals surface area contributed by atoms with Crippen LogP contribution >= 0.6 is 0 Å². The largest absolute Gasteiger partial charge is 0.303 e. The first-order valence-corrected chi connectivity index (χ1v) is 6.86. The van der Waals surface area contributed by atoms with Crippen molar-refractivity contribution in [1.82, 2.24) is 4.90 Å². The zero-order valence-corrected chi connectivity index (χ0v) is 12.5. The number of carbonyl (C=O) groups is 1. The molecule has 0 aromatic rings. The number of piperidine rings is 1. The fourth-order valence-electron chi connectivity index (χ4n) is 2.64. The second kappa shape index (κ2) is 5.09. The number of nitrogens with zero attached hydrogens (tertiary/aromatic N) is 1. The molecule has 0 amide bonds. The first-order chi connectivity index (χ1) is 7.59. The number of hydrogen-bond donors (Lipinski definition) is 0. The molecule has 1 heterocycles. The van der Waals surface area contributed by atoms with E-state index in [-0.39, 0.29) is 5.41 Å². The van der Waals surface area contributed by atoms with Crippen LogP contribution in [0, 0.1) is 16.7 Å². The molecule has 2 nitrogen and oxygen atoms in total. The summed E-state index contributed by atoms with van der Waals surface area (Å²) < 4.78 is 0. The number of rotatable bonds is 2. The van der Waals surface area contributed by atoms with Gasteiger partial charge >= 0.3 is 0 Å². The minimum absolute atomic E-state index is 0.170. The summed E-state index contributed by atoms with van der Waals surface area (Å²) in [5.41, 5.74) is 0.192. The van der Waals surface area contributed by atoms with Crippen LogP contribution in [0.4, 0.5) is 0 Å². The molecule has 1 rings (SSSR count). The Morgan fingerprint density at radius 1 is 1.06 bits per heavy atom. The molecular formula is C15H29NO. The number of likely N-dealkylation sites (tertiary alicyclic amines) is 1. The molecule has 0 saturated carbocycles. The van der Waals surface area contributed by atoms with Crippen LogP contribution in [0.5, 0.6) is 0 Å². The summed E-state index contributed by atoms with van der Waals surface area (Å²) in [4.78, 5) is 14.7. The third-order valence-corrected chi connectivity index (χ3v) is 3.40. The first kappa shape index (κ1) is 14.7. The molecule has 0 aromatic heterocycles. The molecule has 1 fully saturated rings. The molecule has 0 bridgehead atoms. The van der Waals surface area contributed by atoms with Crippen molar-refractivity contribution >= 4 is 5.78 Å². The first-order valence-electron chi connectivity index (χ1n) is 6.86. The van der Waals surface area contributed by atoms with Gasteiger partial charge in [0.1, 0.15) is 5.78 Å². The van der Waals surface area contributed by atoms with Crippen molar-refractivity contribution in [2.45, 2.75) is 54.4 Å². The van der Waals surface area contributed by atoms with E-state index >= 15 is 0 Å². The number of ketones is 1. The van der Waals surface area contributed by atoms with E-state index in [1.807, 2.05) is 20.8 Å². The second-order valence-corrected chi connectivity index (χ2v) is 7.73. The van der Waals surface area contributed by atoms with Crippen molar-refractivity contribution in [3.63, 3.8) is 0 Å². The summed E-state index contributed by atoms with van der Waals surface area (Å²) in [6.07, 6.45) is 2.10. The number of carbonyl (C=O) groups excluding carboxylic acids is 1. The van der Waals surface area contributed by atoms with Gasteiger partial charge in [0.25, 0.3) is 0 Å². The highest BCUT2D eigenvalue weighted by Crippen LogP contribution is 2.28. The molecule has 0 aromatic carbocycles. The van der Waals surface area contributed by atoms with Crippen molar-refractivity contribution in [1.29, 1.82) is 0 Å². The lowest BCUT2D eigenvalue weighted by molar-refractivity contribution is -0.132. The van der Waals surface area contributed by atoms with Gasteiger partial charge in [0.05, 0.1) is 0 Å². The normalized spacial score (nSPS) is 20.6. The fraction of sp³-hybridized carbons (Fsp3) is 0.933. The highest BCUT2D eigenvalue weighted by molar-refractivity contribution is 5.86. The third-order valence-electron chi connectivity index (χ3n) is 3.40.